The Kier molecular flexibility index (Phi) is 2.50. The lowest BCUT2D eigenvalue weighted by Gasteiger charge is -2.27. The summed E-state index contributed by atoms with van der Waals surface area (Å²) in [6, 6.07) is 0. The van der Waals surface area contributed by atoms with Gasteiger partial charge in [0.15, 0.2) is 0 Å². The highest BCUT2D eigenvalue weighted by Gasteiger charge is 2.22. The highest BCUT2D eigenvalue weighted by Crippen LogP contribution is 2.29. The Labute approximate surface area is 62.8 Å². The number of aliphatic hydroxyl groups excluding tert-OH is 1. The Morgan fingerprint density at radius 3 is 2.90 bits per heavy atom. The van der Waals surface area contributed by atoms with Crippen molar-refractivity contribution in [3.05, 3.63) is 12.2 Å². The zero-order chi connectivity index (χ0) is 7.56. The van der Waals surface area contributed by atoms with Gasteiger partial charge in [0.25, 0.3) is 0 Å². The van der Waals surface area contributed by atoms with Crippen molar-refractivity contribution in [2.75, 3.05) is 0 Å². The van der Waals surface area contributed by atoms with Gasteiger partial charge in [-0.2, -0.15) is 0 Å². The summed E-state index contributed by atoms with van der Waals surface area (Å²) in [7, 11) is 0. The molecule has 0 bridgehead atoms. The van der Waals surface area contributed by atoms with E-state index < -0.39 is 0 Å². The molecule has 10 heavy (non-hydrogen) atoms. The average Bonchev–Trinajstić information content (AvgIpc) is 1.88. The van der Waals surface area contributed by atoms with Crippen molar-refractivity contribution in [2.24, 2.45) is 5.92 Å². The molecule has 2 atom stereocenters. The van der Waals surface area contributed by atoms with E-state index in [2.05, 4.69) is 13.5 Å². The van der Waals surface area contributed by atoms with Crippen LogP contribution < -0.4 is 0 Å². The third-order valence-corrected chi connectivity index (χ3v) is 2.44. The molecule has 1 heteroatoms. The summed E-state index contributed by atoms with van der Waals surface area (Å²) in [5.74, 6) is 0.533. The summed E-state index contributed by atoms with van der Waals surface area (Å²) in [6.45, 7) is 6.01. The first kappa shape index (κ1) is 7.80. The molecule has 1 saturated carbocycles. The fraction of sp³-hybridized carbons (Fsp3) is 0.778. The van der Waals surface area contributed by atoms with Gasteiger partial charge >= 0.3 is 0 Å². The lowest BCUT2D eigenvalue weighted by molar-refractivity contribution is 0.0863. The predicted molar refractivity (Wildman–Crippen MR) is 42.8 cm³/mol. The lowest BCUT2D eigenvalue weighted by atomic mass is 9.83. The molecule has 0 saturated heterocycles. The second-order valence-corrected chi connectivity index (χ2v) is 3.23. The largest absolute Gasteiger partial charge is 0.393 e. The van der Waals surface area contributed by atoms with Gasteiger partial charge in [-0.1, -0.05) is 25.5 Å². The Morgan fingerprint density at radius 2 is 2.40 bits per heavy atom. The van der Waals surface area contributed by atoms with Crippen molar-refractivity contribution in [2.45, 2.75) is 38.7 Å². The molecule has 0 aromatic rings. The van der Waals surface area contributed by atoms with E-state index in [9.17, 15) is 5.11 Å². The summed E-state index contributed by atoms with van der Waals surface area (Å²) in [4.78, 5) is 0. The molecular weight excluding hydrogens is 124 g/mol. The van der Waals surface area contributed by atoms with Gasteiger partial charge in [-0.25, -0.2) is 0 Å². The summed E-state index contributed by atoms with van der Waals surface area (Å²) in [6.07, 6.45) is 4.09. The van der Waals surface area contributed by atoms with Crippen LogP contribution in [0.3, 0.4) is 0 Å². The van der Waals surface area contributed by atoms with Crippen LogP contribution >= 0.6 is 0 Å². The Balaban J connectivity index is 2.43. The predicted octanol–water partition coefficient (Wildman–Crippen LogP) is 2.11. The van der Waals surface area contributed by atoms with Crippen molar-refractivity contribution < 1.29 is 5.11 Å². The van der Waals surface area contributed by atoms with Gasteiger partial charge in [0.05, 0.1) is 6.10 Å². The van der Waals surface area contributed by atoms with Crippen molar-refractivity contribution in [1.29, 1.82) is 0 Å². The molecule has 1 N–H and O–H groups in total. The van der Waals surface area contributed by atoms with E-state index in [-0.39, 0.29) is 6.10 Å². The quantitative estimate of drug-likeness (QED) is 0.553. The highest BCUT2D eigenvalue weighted by atomic mass is 16.3. The second kappa shape index (κ2) is 3.20. The van der Waals surface area contributed by atoms with Crippen LogP contribution in [-0.4, -0.2) is 11.2 Å². The van der Waals surface area contributed by atoms with Gasteiger partial charge in [0, 0.05) is 0 Å². The van der Waals surface area contributed by atoms with Crippen LogP contribution in [0.2, 0.25) is 0 Å². The van der Waals surface area contributed by atoms with Gasteiger partial charge in [-0.3, -0.25) is 0 Å². The number of rotatable bonds is 1. The fourth-order valence-corrected chi connectivity index (χ4v) is 1.62. The topological polar surface area (TPSA) is 20.2 Å². The van der Waals surface area contributed by atoms with Crippen molar-refractivity contribution in [1.82, 2.24) is 0 Å². The first-order valence-corrected chi connectivity index (χ1v) is 4.08. The number of aliphatic hydroxyl groups is 1. The standard InChI is InChI=1S/C9H16O/c1-3-8-5-4-7(2)6-9(8)10/h8-10H,2-6H2,1H3/t8-,9-/m1/s1. The normalized spacial score (nSPS) is 34.4. The molecule has 0 amide bonds. The third kappa shape index (κ3) is 1.60. The smallest absolute Gasteiger partial charge is 0.0605 e. The molecule has 0 aromatic carbocycles. The Morgan fingerprint density at radius 1 is 1.70 bits per heavy atom. The molecule has 1 aliphatic carbocycles. The molecule has 0 unspecified atom stereocenters. The van der Waals surface area contributed by atoms with E-state index in [1.54, 1.807) is 0 Å². The van der Waals surface area contributed by atoms with E-state index in [4.69, 9.17) is 0 Å². The van der Waals surface area contributed by atoms with Crippen LogP contribution in [0.5, 0.6) is 0 Å². The summed E-state index contributed by atoms with van der Waals surface area (Å²) in [5.41, 5.74) is 1.22. The molecule has 0 spiro atoms. The minimum Gasteiger partial charge on any atom is -0.393 e. The average molecular weight is 140 g/mol. The van der Waals surface area contributed by atoms with E-state index in [1.807, 2.05) is 0 Å². The van der Waals surface area contributed by atoms with Gasteiger partial charge in [-0.05, 0) is 25.2 Å². The molecule has 1 nitrogen and oxygen atoms in total. The molecule has 58 valence electrons. The van der Waals surface area contributed by atoms with Crippen molar-refractivity contribution >= 4 is 0 Å². The van der Waals surface area contributed by atoms with Crippen LogP contribution in [0.4, 0.5) is 0 Å². The Bertz CT molecular complexity index is 129. The van der Waals surface area contributed by atoms with Crippen LogP contribution in [0.25, 0.3) is 0 Å². The van der Waals surface area contributed by atoms with E-state index >= 15 is 0 Å². The van der Waals surface area contributed by atoms with Crippen LogP contribution in [0, 0.1) is 5.92 Å². The lowest BCUT2D eigenvalue weighted by Crippen LogP contribution is -2.24. The van der Waals surface area contributed by atoms with E-state index in [0.29, 0.717) is 5.92 Å². The maximum atomic E-state index is 9.48. The molecule has 1 aliphatic rings. The van der Waals surface area contributed by atoms with Crippen molar-refractivity contribution in [3.8, 4) is 0 Å². The first-order chi connectivity index (χ1) is 4.74. The van der Waals surface area contributed by atoms with Gasteiger partial charge in [-0.15, -0.1) is 0 Å². The maximum Gasteiger partial charge on any atom is 0.0605 e. The molecule has 1 rings (SSSR count). The SMILES string of the molecule is C=C1CC[C@@H](CC)[C@H](O)C1. The summed E-state index contributed by atoms with van der Waals surface area (Å²) in [5, 5.41) is 9.48. The van der Waals surface area contributed by atoms with Gasteiger partial charge in [0.2, 0.25) is 0 Å². The van der Waals surface area contributed by atoms with Crippen molar-refractivity contribution in [3.63, 3.8) is 0 Å². The van der Waals surface area contributed by atoms with Gasteiger partial charge in [0.1, 0.15) is 0 Å². The van der Waals surface area contributed by atoms with Gasteiger partial charge < -0.3 is 5.11 Å². The zero-order valence-electron chi connectivity index (χ0n) is 6.64. The summed E-state index contributed by atoms with van der Waals surface area (Å²) < 4.78 is 0. The highest BCUT2D eigenvalue weighted by molar-refractivity contribution is 5.01. The molecular formula is C9H16O. The number of hydrogen-bond donors (Lipinski definition) is 1. The maximum absolute atomic E-state index is 9.48. The minimum atomic E-state index is -0.105. The Hall–Kier alpha value is -0.300. The fourth-order valence-electron chi connectivity index (χ4n) is 1.62. The minimum absolute atomic E-state index is 0.105. The van der Waals surface area contributed by atoms with Crippen LogP contribution in [0.15, 0.2) is 12.2 Å². The molecule has 0 heterocycles. The van der Waals surface area contributed by atoms with E-state index in [0.717, 1.165) is 25.7 Å². The third-order valence-electron chi connectivity index (χ3n) is 2.44. The molecule has 0 radical (unpaired) electrons. The van der Waals surface area contributed by atoms with Crippen LogP contribution in [-0.2, 0) is 0 Å². The molecule has 1 fully saturated rings. The second-order valence-electron chi connectivity index (χ2n) is 3.23. The van der Waals surface area contributed by atoms with Crippen LogP contribution in [0.1, 0.15) is 32.6 Å². The summed E-state index contributed by atoms with van der Waals surface area (Å²) >= 11 is 0. The molecule has 0 aliphatic heterocycles. The number of hydrogen-bond acceptors (Lipinski definition) is 1. The first-order valence-electron chi connectivity index (χ1n) is 4.08. The molecule has 0 aromatic heterocycles. The zero-order valence-corrected chi connectivity index (χ0v) is 6.64. The van der Waals surface area contributed by atoms with E-state index in [1.165, 1.54) is 5.57 Å². The monoisotopic (exact) mass is 140 g/mol.